The number of oxazole rings is 1. The van der Waals surface area contributed by atoms with Crippen LogP contribution in [0.1, 0.15) is 18.0 Å². The molecule has 1 rings (SSSR count). The van der Waals surface area contributed by atoms with Gasteiger partial charge in [-0.3, -0.25) is 14.5 Å². The zero-order valence-corrected chi connectivity index (χ0v) is 10.1. The molecule has 0 fully saturated rings. The molecule has 0 unspecified atom stereocenters. The second kappa shape index (κ2) is 5.60. The van der Waals surface area contributed by atoms with Gasteiger partial charge in [0.05, 0.1) is 6.42 Å². The first-order valence-electron chi connectivity index (χ1n) is 5.14. The quantitative estimate of drug-likeness (QED) is 0.893. The maximum absolute atomic E-state index is 12.5. The lowest BCUT2D eigenvalue weighted by atomic mass is 10.3. The van der Waals surface area contributed by atoms with E-state index in [0.29, 0.717) is 0 Å². The van der Waals surface area contributed by atoms with Crippen LogP contribution in [0.5, 0.6) is 0 Å². The number of rotatable bonds is 4. The molecule has 1 heterocycles. The first-order valence-corrected chi connectivity index (χ1v) is 5.14. The molecule has 0 spiro atoms. The summed E-state index contributed by atoms with van der Waals surface area (Å²) in [4.78, 5) is 25.3. The summed E-state index contributed by atoms with van der Waals surface area (Å²) in [5.74, 6) is -4.56. The number of carboxylic acids is 1. The predicted molar refractivity (Wildman–Crippen MR) is 56.6 cm³/mol. The molecule has 0 aliphatic carbocycles. The molecule has 0 aliphatic rings. The van der Waals surface area contributed by atoms with Crippen molar-refractivity contribution in [3.8, 4) is 6.07 Å². The number of anilines is 1. The molecule has 1 amide bonds. The minimum atomic E-state index is -5.23. The van der Waals surface area contributed by atoms with Crippen LogP contribution in [0.15, 0.2) is 4.42 Å². The summed E-state index contributed by atoms with van der Waals surface area (Å²) in [6, 6.07) is 1.48. The van der Waals surface area contributed by atoms with Crippen LogP contribution < -0.4 is 4.90 Å². The number of carbonyl (C=O) groups is 2. The molecule has 0 saturated carbocycles. The number of aryl methyl sites for hydroxylation is 1. The van der Waals surface area contributed by atoms with E-state index in [9.17, 15) is 22.8 Å². The summed E-state index contributed by atoms with van der Waals surface area (Å²) >= 11 is 0. The molecule has 1 aromatic heterocycles. The van der Waals surface area contributed by atoms with Crippen molar-refractivity contribution in [1.82, 2.24) is 4.98 Å². The van der Waals surface area contributed by atoms with Crippen LogP contribution in [0.2, 0.25) is 0 Å². The summed E-state index contributed by atoms with van der Waals surface area (Å²) in [5, 5.41) is 17.2. The highest BCUT2D eigenvalue weighted by Crippen LogP contribution is 2.27. The number of nitriles is 1. The van der Waals surface area contributed by atoms with Crippen molar-refractivity contribution in [2.24, 2.45) is 0 Å². The minimum Gasteiger partial charge on any atom is -0.481 e. The van der Waals surface area contributed by atoms with E-state index in [1.165, 1.54) is 13.0 Å². The number of nitrogens with zero attached hydrogens (tertiary/aromatic N) is 3. The van der Waals surface area contributed by atoms with E-state index >= 15 is 0 Å². The van der Waals surface area contributed by atoms with Crippen LogP contribution in [-0.4, -0.2) is 34.7 Å². The van der Waals surface area contributed by atoms with Gasteiger partial charge < -0.3 is 9.52 Å². The fourth-order valence-electron chi connectivity index (χ4n) is 1.33. The second-order valence-corrected chi connectivity index (χ2v) is 3.60. The number of aliphatic carboxylic acids is 1. The Kier molecular flexibility index (Phi) is 4.34. The third-order valence-corrected chi connectivity index (χ3v) is 2.10. The highest BCUT2D eigenvalue weighted by atomic mass is 19.4. The van der Waals surface area contributed by atoms with Crippen LogP contribution in [0.25, 0.3) is 0 Å². The SMILES string of the molecule is Cc1nc(C#N)c(N(CCC(=O)O)C(=O)C(F)(F)F)o1. The normalized spacial score (nSPS) is 10.9. The van der Waals surface area contributed by atoms with Crippen molar-refractivity contribution < 1.29 is 32.3 Å². The second-order valence-electron chi connectivity index (χ2n) is 3.60. The molecular weight excluding hydrogens is 283 g/mol. The lowest BCUT2D eigenvalue weighted by Gasteiger charge is -2.20. The Balaban J connectivity index is 3.19. The molecule has 10 heteroatoms. The molecule has 0 aromatic carbocycles. The Hall–Kier alpha value is -2.57. The molecule has 108 valence electrons. The number of aromatic nitrogens is 1. The van der Waals surface area contributed by atoms with Crippen molar-refractivity contribution in [1.29, 1.82) is 5.26 Å². The molecule has 0 bridgehead atoms. The van der Waals surface area contributed by atoms with Crippen LogP contribution in [0.3, 0.4) is 0 Å². The van der Waals surface area contributed by atoms with Crippen LogP contribution in [0.4, 0.5) is 19.1 Å². The van der Waals surface area contributed by atoms with Crippen LogP contribution in [-0.2, 0) is 9.59 Å². The Morgan fingerprint density at radius 1 is 1.50 bits per heavy atom. The molecule has 20 heavy (non-hydrogen) atoms. The van der Waals surface area contributed by atoms with Gasteiger partial charge in [-0.2, -0.15) is 18.4 Å². The lowest BCUT2D eigenvalue weighted by Crippen LogP contribution is -2.42. The van der Waals surface area contributed by atoms with E-state index in [2.05, 4.69) is 4.98 Å². The third kappa shape index (κ3) is 3.47. The molecule has 1 N–H and O–H groups in total. The Morgan fingerprint density at radius 2 is 2.10 bits per heavy atom. The van der Waals surface area contributed by atoms with E-state index in [4.69, 9.17) is 14.8 Å². The van der Waals surface area contributed by atoms with Crippen LogP contribution in [0, 0.1) is 18.3 Å². The van der Waals surface area contributed by atoms with Crippen molar-refractivity contribution >= 4 is 17.8 Å². The fourth-order valence-corrected chi connectivity index (χ4v) is 1.33. The van der Waals surface area contributed by atoms with Gasteiger partial charge in [0.15, 0.2) is 5.89 Å². The molecule has 0 aliphatic heterocycles. The zero-order valence-electron chi connectivity index (χ0n) is 10.1. The average molecular weight is 291 g/mol. The molecule has 7 nitrogen and oxygen atoms in total. The summed E-state index contributed by atoms with van der Waals surface area (Å²) in [6.45, 7) is 0.481. The van der Waals surface area contributed by atoms with Gasteiger partial charge in [0.2, 0.25) is 11.6 Å². The van der Waals surface area contributed by atoms with Gasteiger partial charge in [-0.1, -0.05) is 0 Å². The maximum atomic E-state index is 12.5. The van der Waals surface area contributed by atoms with Crippen molar-refractivity contribution in [3.05, 3.63) is 11.6 Å². The van der Waals surface area contributed by atoms with Gasteiger partial charge >= 0.3 is 18.1 Å². The summed E-state index contributed by atoms with van der Waals surface area (Å²) in [5.41, 5.74) is -0.523. The van der Waals surface area contributed by atoms with Gasteiger partial charge in [-0.15, -0.1) is 0 Å². The van der Waals surface area contributed by atoms with Gasteiger partial charge in [-0.25, -0.2) is 4.98 Å². The Morgan fingerprint density at radius 3 is 2.55 bits per heavy atom. The largest absolute Gasteiger partial charge is 0.481 e. The van der Waals surface area contributed by atoms with Crippen molar-refractivity contribution in [3.63, 3.8) is 0 Å². The molecule has 0 saturated heterocycles. The molecular formula is C10H8F3N3O4. The van der Waals surface area contributed by atoms with Crippen molar-refractivity contribution in [2.45, 2.75) is 19.5 Å². The monoisotopic (exact) mass is 291 g/mol. The van der Waals surface area contributed by atoms with E-state index < -0.39 is 42.6 Å². The first kappa shape index (κ1) is 15.5. The highest BCUT2D eigenvalue weighted by molar-refractivity contribution is 5.97. The van der Waals surface area contributed by atoms with E-state index in [-0.39, 0.29) is 10.8 Å². The summed E-state index contributed by atoms with van der Waals surface area (Å²) in [6.07, 6.45) is -5.97. The Bertz CT molecular complexity index is 573. The summed E-state index contributed by atoms with van der Waals surface area (Å²) < 4.78 is 42.2. The summed E-state index contributed by atoms with van der Waals surface area (Å²) in [7, 11) is 0. The molecule has 0 radical (unpaired) electrons. The van der Waals surface area contributed by atoms with Gasteiger partial charge in [0, 0.05) is 13.5 Å². The number of amides is 1. The van der Waals surface area contributed by atoms with E-state index in [0.717, 1.165) is 0 Å². The number of hydrogen-bond acceptors (Lipinski definition) is 5. The average Bonchev–Trinajstić information content (AvgIpc) is 2.69. The first-order chi connectivity index (χ1) is 9.16. The smallest absolute Gasteiger partial charge is 0.471 e. The highest BCUT2D eigenvalue weighted by Gasteiger charge is 2.44. The number of alkyl halides is 3. The zero-order chi connectivity index (χ0) is 15.5. The third-order valence-electron chi connectivity index (χ3n) is 2.10. The van der Waals surface area contributed by atoms with Crippen LogP contribution >= 0.6 is 0 Å². The maximum Gasteiger partial charge on any atom is 0.471 e. The molecule has 0 atom stereocenters. The van der Waals surface area contributed by atoms with Gasteiger partial charge in [-0.05, 0) is 0 Å². The van der Waals surface area contributed by atoms with E-state index in [1.807, 2.05) is 0 Å². The van der Waals surface area contributed by atoms with Gasteiger partial charge in [0.1, 0.15) is 6.07 Å². The number of hydrogen-bond donors (Lipinski definition) is 1. The standard InChI is InChI=1S/C10H8F3N3O4/c1-5-15-6(4-14)8(20-5)16(3-2-7(17)18)9(19)10(11,12)13/h2-3H2,1H3,(H,17,18). The predicted octanol–water partition coefficient (Wildman–Crippen LogP) is 1.22. The molecule has 1 aromatic rings. The minimum absolute atomic E-state index is 0.0483. The number of carboxylic acid groups (broad SMARTS) is 1. The number of carbonyl (C=O) groups excluding carboxylic acids is 1. The Labute approximate surface area is 110 Å². The topological polar surface area (TPSA) is 107 Å². The number of halogens is 3. The van der Waals surface area contributed by atoms with Crippen molar-refractivity contribution in [2.75, 3.05) is 11.4 Å². The fraction of sp³-hybridized carbons (Fsp3) is 0.400. The van der Waals surface area contributed by atoms with E-state index in [1.54, 1.807) is 0 Å². The van der Waals surface area contributed by atoms with Gasteiger partial charge in [0.25, 0.3) is 0 Å². The lowest BCUT2D eigenvalue weighted by molar-refractivity contribution is -0.170.